The topological polar surface area (TPSA) is 121 Å². The number of rotatable bonds is 6. The van der Waals surface area contributed by atoms with Gasteiger partial charge in [-0.05, 0) is 42.8 Å². The SMILES string of the molecule is Cc1ccc(Nc2nc(N)nc(COC(=O)/C=C/c3ccc4c(c3)OCO4)n2)cc1. The Morgan fingerprint density at radius 1 is 1.13 bits per heavy atom. The molecule has 30 heavy (non-hydrogen) atoms. The minimum Gasteiger partial charge on any atom is -0.454 e. The van der Waals surface area contributed by atoms with Gasteiger partial charge in [0.05, 0.1) is 0 Å². The average Bonchev–Trinajstić information content (AvgIpc) is 3.20. The number of hydrogen-bond acceptors (Lipinski definition) is 9. The molecule has 3 aromatic rings. The maximum atomic E-state index is 12.0. The molecule has 0 spiro atoms. The van der Waals surface area contributed by atoms with E-state index in [1.54, 1.807) is 18.2 Å². The lowest BCUT2D eigenvalue weighted by Gasteiger charge is -2.07. The van der Waals surface area contributed by atoms with Crippen LogP contribution < -0.4 is 20.5 Å². The lowest BCUT2D eigenvalue weighted by Crippen LogP contribution is -2.10. The Labute approximate surface area is 172 Å². The Balaban J connectivity index is 1.36. The van der Waals surface area contributed by atoms with Crippen LogP contribution in [0.25, 0.3) is 6.08 Å². The van der Waals surface area contributed by atoms with Crippen molar-refractivity contribution in [2.75, 3.05) is 17.8 Å². The van der Waals surface area contributed by atoms with Crippen molar-refractivity contribution in [3.8, 4) is 11.5 Å². The van der Waals surface area contributed by atoms with Crippen molar-refractivity contribution in [2.45, 2.75) is 13.5 Å². The Kier molecular flexibility index (Phi) is 5.42. The number of carbonyl (C=O) groups excluding carboxylic acids is 1. The van der Waals surface area contributed by atoms with Crippen molar-refractivity contribution in [2.24, 2.45) is 0 Å². The molecular weight excluding hydrogens is 386 g/mol. The number of fused-ring (bicyclic) bond motifs is 1. The molecule has 1 aromatic heterocycles. The molecule has 0 amide bonds. The van der Waals surface area contributed by atoms with Gasteiger partial charge < -0.3 is 25.3 Å². The van der Waals surface area contributed by atoms with Crippen molar-refractivity contribution in [3.63, 3.8) is 0 Å². The van der Waals surface area contributed by atoms with Gasteiger partial charge in [-0.3, -0.25) is 0 Å². The van der Waals surface area contributed by atoms with Crippen molar-refractivity contribution in [1.82, 2.24) is 15.0 Å². The van der Waals surface area contributed by atoms with E-state index in [4.69, 9.17) is 19.9 Å². The van der Waals surface area contributed by atoms with Gasteiger partial charge in [-0.15, -0.1) is 0 Å². The lowest BCUT2D eigenvalue weighted by molar-refractivity contribution is -0.139. The minimum absolute atomic E-state index is 0.0292. The summed E-state index contributed by atoms with van der Waals surface area (Å²) in [6, 6.07) is 13.1. The summed E-state index contributed by atoms with van der Waals surface area (Å²) in [4.78, 5) is 24.3. The molecule has 9 heteroatoms. The number of aryl methyl sites for hydroxylation is 1. The average molecular weight is 405 g/mol. The standard InChI is InChI=1S/C21H19N5O4/c1-13-2-6-15(7-3-13)23-21-25-18(24-20(22)26-21)11-28-19(27)9-5-14-4-8-16-17(10-14)30-12-29-16/h2-10H,11-12H2,1H3,(H3,22,23,24,25,26)/b9-5+. The number of carbonyl (C=O) groups is 1. The third-order valence-electron chi connectivity index (χ3n) is 4.16. The molecule has 0 bridgehead atoms. The summed E-state index contributed by atoms with van der Waals surface area (Å²) in [7, 11) is 0. The number of nitrogens with zero attached hydrogens (tertiary/aromatic N) is 3. The van der Waals surface area contributed by atoms with E-state index in [9.17, 15) is 4.79 Å². The molecule has 0 fully saturated rings. The van der Waals surface area contributed by atoms with Gasteiger partial charge in [0.15, 0.2) is 23.9 Å². The maximum Gasteiger partial charge on any atom is 0.331 e. The van der Waals surface area contributed by atoms with Crippen LogP contribution in [0.2, 0.25) is 0 Å². The van der Waals surface area contributed by atoms with Crippen molar-refractivity contribution < 1.29 is 19.0 Å². The largest absolute Gasteiger partial charge is 0.454 e. The van der Waals surface area contributed by atoms with Gasteiger partial charge in [0.2, 0.25) is 18.7 Å². The van der Waals surface area contributed by atoms with E-state index < -0.39 is 5.97 Å². The molecule has 3 N–H and O–H groups in total. The Hall–Kier alpha value is -4.14. The zero-order valence-corrected chi connectivity index (χ0v) is 16.2. The first-order chi connectivity index (χ1) is 14.5. The molecule has 1 aliphatic rings. The first-order valence-corrected chi connectivity index (χ1v) is 9.14. The van der Waals surface area contributed by atoms with E-state index >= 15 is 0 Å². The third-order valence-corrected chi connectivity index (χ3v) is 4.16. The number of anilines is 3. The van der Waals surface area contributed by atoms with E-state index in [-0.39, 0.29) is 31.1 Å². The molecule has 0 atom stereocenters. The quantitative estimate of drug-likeness (QED) is 0.471. The number of hydrogen-bond donors (Lipinski definition) is 2. The van der Waals surface area contributed by atoms with Gasteiger partial charge in [0.25, 0.3) is 0 Å². The smallest absolute Gasteiger partial charge is 0.331 e. The molecule has 0 radical (unpaired) electrons. The first kappa shape index (κ1) is 19.2. The van der Waals surface area contributed by atoms with Crippen LogP contribution >= 0.6 is 0 Å². The maximum absolute atomic E-state index is 12.0. The number of nitrogens with one attached hydrogen (secondary N) is 1. The van der Waals surface area contributed by atoms with Gasteiger partial charge in [-0.25, -0.2) is 4.79 Å². The van der Waals surface area contributed by atoms with E-state index in [0.29, 0.717) is 11.5 Å². The third kappa shape index (κ3) is 4.82. The highest BCUT2D eigenvalue weighted by molar-refractivity contribution is 5.87. The van der Waals surface area contributed by atoms with Gasteiger partial charge in [-0.2, -0.15) is 15.0 Å². The normalized spacial score (nSPS) is 12.2. The van der Waals surface area contributed by atoms with Crippen molar-refractivity contribution in [1.29, 1.82) is 0 Å². The number of benzene rings is 2. The zero-order chi connectivity index (χ0) is 20.9. The van der Waals surface area contributed by atoms with Crippen LogP contribution in [0.5, 0.6) is 11.5 Å². The van der Waals surface area contributed by atoms with Gasteiger partial charge >= 0.3 is 5.97 Å². The number of nitrogens with two attached hydrogens (primary N) is 1. The van der Waals surface area contributed by atoms with Crippen molar-refractivity contribution in [3.05, 3.63) is 65.5 Å². The summed E-state index contributed by atoms with van der Waals surface area (Å²) in [5.74, 6) is 1.31. The molecule has 0 saturated carbocycles. The van der Waals surface area contributed by atoms with E-state index in [1.807, 2.05) is 37.3 Å². The van der Waals surface area contributed by atoms with Gasteiger partial charge in [-0.1, -0.05) is 23.8 Å². The molecule has 2 aromatic carbocycles. The van der Waals surface area contributed by atoms with Crippen LogP contribution in [-0.4, -0.2) is 27.7 Å². The second-order valence-electron chi connectivity index (χ2n) is 6.48. The Morgan fingerprint density at radius 2 is 1.93 bits per heavy atom. The van der Waals surface area contributed by atoms with Crippen LogP contribution in [0.3, 0.4) is 0 Å². The lowest BCUT2D eigenvalue weighted by atomic mass is 10.2. The van der Waals surface area contributed by atoms with Crippen LogP contribution in [-0.2, 0) is 16.1 Å². The number of aromatic nitrogens is 3. The molecule has 2 heterocycles. The molecule has 1 aliphatic heterocycles. The van der Waals surface area contributed by atoms with Crippen molar-refractivity contribution >= 4 is 29.6 Å². The van der Waals surface area contributed by atoms with Crippen LogP contribution in [0.15, 0.2) is 48.5 Å². The monoisotopic (exact) mass is 405 g/mol. The summed E-state index contributed by atoms with van der Waals surface area (Å²) in [5.41, 5.74) is 8.47. The first-order valence-electron chi connectivity index (χ1n) is 9.14. The van der Waals surface area contributed by atoms with Crippen LogP contribution in [0.4, 0.5) is 17.6 Å². The fraction of sp³-hybridized carbons (Fsp3) is 0.143. The number of esters is 1. The van der Waals surface area contributed by atoms with Crippen LogP contribution in [0, 0.1) is 6.92 Å². The highest BCUT2D eigenvalue weighted by atomic mass is 16.7. The second-order valence-corrected chi connectivity index (χ2v) is 6.48. The minimum atomic E-state index is -0.542. The fourth-order valence-corrected chi connectivity index (χ4v) is 2.69. The highest BCUT2D eigenvalue weighted by Gasteiger charge is 2.12. The predicted octanol–water partition coefficient (Wildman–Crippen LogP) is 2.99. The molecule has 4 rings (SSSR count). The number of ether oxygens (including phenoxy) is 3. The molecular formula is C21H19N5O4. The summed E-state index contributed by atoms with van der Waals surface area (Å²) in [5, 5.41) is 3.05. The second kappa shape index (κ2) is 8.48. The molecule has 0 unspecified atom stereocenters. The summed E-state index contributed by atoms with van der Waals surface area (Å²) < 4.78 is 15.8. The van der Waals surface area contributed by atoms with Gasteiger partial charge in [0.1, 0.15) is 0 Å². The highest BCUT2D eigenvalue weighted by Crippen LogP contribution is 2.32. The number of nitrogen functional groups attached to an aromatic ring is 1. The van der Waals surface area contributed by atoms with Gasteiger partial charge in [0, 0.05) is 11.8 Å². The van der Waals surface area contributed by atoms with E-state index in [2.05, 4.69) is 20.3 Å². The van der Waals surface area contributed by atoms with Crippen LogP contribution in [0.1, 0.15) is 17.0 Å². The molecule has 152 valence electrons. The predicted molar refractivity (Wildman–Crippen MR) is 110 cm³/mol. The fourth-order valence-electron chi connectivity index (χ4n) is 2.69. The zero-order valence-electron chi connectivity index (χ0n) is 16.2. The van der Waals surface area contributed by atoms with E-state index in [1.165, 1.54) is 6.08 Å². The molecule has 0 saturated heterocycles. The Bertz CT molecular complexity index is 1100. The molecule has 9 nitrogen and oxygen atoms in total. The Morgan fingerprint density at radius 3 is 2.77 bits per heavy atom. The van der Waals surface area contributed by atoms with E-state index in [0.717, 1.165) is 16.8 Å². The summed E-state index contributed by atoms with van der Waals surface area (Å²) in [6.45, 7) is 2.05. The molecule has 0 aliphatic carbocycles. The summed E-state index contributed by atoms with van der Waals surface area (Å²) in [6.07, 6.45) is 2.93. The summed E-state index contributed by atoms with van der Waals surface area (Å²) >= 11 is 0.